The number of nitrogens with zero attached hydrogens (tertiary/aromatic N) is 3. The maximum atomic E-state index is 13.7. The molecule has 178 valence electrons. The zero-order valence-corrected chi connectivity index (χ0v) is 20.1. The van der Waals surface area contributed by atoms with Crippen LogP contribution >= 0.6 is 0 Å². The number of H-pyrrole nitrogens is 1. The minimum atomic E-state index is -0.521. The summed E-state index contributed by atoms with van der Waals surface area (Å²) in [7, 11) is 4.04. The zero-order valence-electron chi connectivity index (χ0n) is 20.1. The number of ether oxygens (including phenoxy) is 1. The van der Waals surface area contributed by atoms with Crippen molar-refractivity contribution in [3.63, 3.8) is 0 Å². The Bertz CT molecular complexity index is 1220. The maximum absolute atomic E-state index is 13.7. The van der Waals surface area contributed by atoms with Gasteiger partial charge in [-0.2, -0.15) is 0 Å². The smallest absolute Gasteiger partial charge is 0.246 e. The number of rotatable bonds is 7. The number of hydrogen-bond donors (Lipinski definition) is 1. The fourth-order valence-electron chi connectivity index (χ4n) is 5.41. The molecule has 1 unspecified atom stereocenters. The summed E-state index contributed by atoms with van der Waals surface area (Å²) >= 11 is 0. The summed E-state index contributed by atoms with van der Waals surface area (Å²) in [5, 5.41) is 1.11. The van der Waals surface area contributed by atoms with E-state index in [9.17, 15) is 9.59 Å². The fourth-order valence-corrected chi connectivity index (χ4v) is 5.41. The summed E-state index contributed by atoms with van der Waals surface area (Å²) in [4.78, 5) is 36.6. The second kappa shape index (κ2) is 9.14. The lowest BCUT2D eigenvalue weighted by molar-refractivity contribution is -0.158. The third-order valence-electron chi connectivity index (χ3n) is 6.89. The predicted molar refractivity (Wildman–Crippen MR) is 132 cm³/mol. The normalized spacial score (nSPS) is 20.1. The van der Waals surface area contributed by atoms with Gasteiger partial charge in [0.15, 0.2) is 0 Å². The molecular weight excluding hydrogens is 428 g/mol. The molecule has 2 aliphatic rings. The Hall–Kier alpha value is -3.32. The van der Waals surface area contributed by atoms with Gasteiger partial charge >= 0.3 is 0 Å². The zero-order chi connectivity index (χ0) is 23.8. The highest BCUT2D eigenvalue weighted by Crippen LogP contribution is 2.44. The molecule has 1 N–H and O–H groups in total. The Balaban J connectivity index is 1.61. The number of carbonyl (C=O) groups excluding carboxylic acids is 2. The molecular formula is C27H32N4O3. The Morgan fingerprint density at radius 3 is 2.65 bits per heavy atom. The van der Waals surface area contributed by atoms with Crippen LogP contribution in [0.5, 0.6) is 5.75 Å². The Morgan fingerprint density at radius 1 is 1.09 bits per heavy atom. The van der Waals surface area contributed by atoms with E-state index in [-0.39, 0.29) is 18.4 Å². The van der Waals surface area contributed by atoms with Crippen LogP contribution in [0.25, 0.3) is 10.9 Å². The van der Waals surface area contributed by atoms with E-state index in [0.29, 0.717) is 19.6 Å². The van der Waals surface area contributed by atoms with Crippen LogP contribution in [0.2, 0.25) is 0 Å². The first kappa shape index (κ1) is 22.5. The Morgan fingerprint density at radius 2 is 1.85 bits per heavy atom. The molecule has 2 amide bonds. The number of aromatic nitrogens is 1. The van der Waals surface area contributed by atoms with Gasteiger partial charge in [-0.05, 0) is 51.7 Å². The third kappa shape index (κ3) is 3.84. The van der Waals surface area contributed by atoms with Crippen LogP contribution in [0, 0.1) is 0 Å². The number of fused-ring (bicyclic) bond motifs is 4. The molecule has 3 heterocycles. The van der Waals surface area contributed by atoms with Crippen molar-refractivity contribution in [1.82, 2.24) is 19.7 Å². The number of para-hydroxylation sites is 2. The number of carbonyl (C=O) groups is 2. The summed E-state index contributed by atoms with van der Waals surface area (Å²) in [6.07, 6.45) is 1.36. The monoisotopic (exact) mass is 460 g/mol. The molecule has 34 heavy (non-hydrogen) atoms. The molecule has 1 fully saturated rings. The number of hydrogen-bond acceptors (Lipinski definition) is 4. The number of amides is 2. The minimum Gasteiger partial charge on any atom is -0.494 e. The first-order chi connectivity index (χ1) is 16.5. The number of piperazine rings is 1. The van der Waals surface area contributed by atoms with Gasteiger partial charge in [0.05, 0.1) is 13.2 Å². The van der Waals surface area contributed by atoms with Gasteiger partial charge in [-0.1, -0.05) is 36.4 Å². The topological polar surface area (TPSA) is 68.9 Å². The molecule has 0 radical (unpaired) electrons. The average molecular weight is 461 g/mol. The lowest BCUT2D eigenvalue weighted by atomic mass is 9.86. The molecule has 7 nitrogen and oxygen atoms in total. The summed E-state index contributed by atoms with van der Waals surface area (Å²) in [5.74, 6) is 0.761. The molecule has 0 bridgehead atoms. The minimum absolute atomic E-state index is 0.0185. The van der Waals surface area contributed by atoms with Gasteiger partial charge in [-0.15, -0.1) is 0 Å². The van der Waals surface area contributed by atoms with Crippen LogP contribution in [0.1, 0.15) is 36.2 Å². The van der Waals surface area contributed by atoms with E-state index < -0.39 is 12.1 Å². The lowest BCUT2D eigenvalue weighted by Gasteiger charge is -2.47. The quantitative estimate of drug-likeness (QED) is 0.588. The van der Waals surface area contributed by atoms with E-state index in [1.54, 1.807) is 9.80 Å². The van der Waals surface area contributed by atoms with Crippen LogP contribution < -0.4 is 4.74 Å². The van der Waals surface area contributed by atoms with Gasteiger partial charge in [0.25, 0.3) is 0 Å². The van der Waals surface area contributed by atoms with E-state index in [4.69, 9.17) is 4.74 Å². The number of nitrogens with one attached hydrogen (secondary N) is 1. The maximum Gasteiger partial charge on any atom is 0.246 e. The van der Waals surface area contributed by atoms with Crippen molar-refractivity contribution in [1.29, 1.82) is 0 Å². The first-order valence-electron chi connectivity index (χ1n) is 12.1. The highest BCUT2D eigenvalue weighted by molar-refractivity contribution is 5.97. The SMILES string of the molecule is CCOc1ccccc1C1c2[nH]c3ccccc3c2C[C@H]2C(=O)N(CCCN(C)C)CC(=O)N12. The second-order valence-electron chi connectivity index (χ2n) is 9.37. The molecule has 0 aliphatic carbocycles. The van der Waals surface area contributed by atoms with Crippen molar-refractivity contribution in [3.05, 3.63) is 65.4 Å². The van der Waals surface area contributed by atoms with Crippen molar-refractivity contribution < 1.29 is 14.3 Å². The number of aromatic amines is 1. The Labute approximate surface area is 200 Å². The van der Waals surface area contributed by atoms with Crippen LogP contribution in [0.15, 0.2) is 48.5 Å². The second-order valence-corrected chi connectivity index (χ2v) is 9.37. The Kier molecular flexibility index (Phi) is 6.04. The van der Waals surface area contributed by atoms with Gasteiger partial charge in [0.1, 0.15) is 17.8 Å². The first-order valence-corrected chi connectivity index (χ1v) is 12.1. The van der Waals surface area contributed by atoms with Gasteiger partial charge < -0.3 is 24.4 Å². The largest absolute Gasteiger partial charge is 0.494 e. The van der Waals surface area contributed by atoms with Gasteiger partial charge in [-0.25, -0.2) is 0 Å². The fraction of sp³-hybridized carbons (Fsp3) is 0.407. The average Bonchev–Trinajstić information content (AvgIpc) is 3.20. The highest BCUT2D eigenvalue weighted by atomic mass is 16.5. The summed E-state index contributed by atoms with van der Waals surface area (Å²) in [6, 6.07) is 15.1. The van der Waals surface area contributed by atoms with Crippen molar-refractivity contribution in [3.8, 4) is 5.75 Å². The molecule has 1 saturated heterocycles. The van der Waals surface area contributed by atoms with Crippen molar-refractivity contribution in [2.75, 3.05) is 40.3 Å². The van der Waals surface area contributed by atoms with Gasteiger partial charge in [0, 0.05) is 35.1 Å². The van der Waals surface area contributed by atoms with Crippen molar-refractivity contribution >= 4 is 22.7 Å². The van der Waals surface area contributed by atoms with E-state index in [1.165, 1.54) is 0 Å². The lowest BCUT2D eigenvalue weighted by Crippen LogP contribution is -2.63. The van der Waals surface area contributed by atoms with Gasteiger partial charge in [0.2, 0.25) is 11.8 Å². The molecule has 1 aromatic heterocycles. The molecule has 2 atom stereocenters. The van der Waals surface area contributed by atoms with Crippen LogP contribution in [0.4, 0.5) is 0 Å². The van der Waals surface area contributed by atoms with Crippen LogP contribution in [0.3, 0.4) is 0 Å². The molecule has 0 spiro atoms. The molecule has 7 heteroatoms. The van der Waals surface area contributed by atoms with E-state index in [0.717, 1.165) is 46.4 Å². The molecule has 3 aromatic rings. The van der Waals surface area contributed by atoms with E-state index >= 15 is 0 Å². The van der Waals surface area contributed by atoms with Crippen molar-refractivity contribution in [2.24, 2.45) is 0 Å². The summed E-state index contributed by atoms with van der Waals surface area (Å²) in [6.45, 7) is 4.07. The van der Waals surface area contributed by atoms with Crippen molar-refractivity contribution in [2.45, 2.75) is 31.8 Å². The molecule has 5 rings (SSSR count). The van der Waals surface area contributed by atoms with Gasteiger partial charge in [-0.3, -0.25) is 9.59 Å². The molecule has 2 aromatic carbocycles. The van der Waals surface area contributed by atoms with E-state index in [1.807, 2.05) is 57.4 Å². The van der Waals surface area contributed by atoms with Crippen LogP contribution in [-0.2, 0) is 16.0 Å². The third-order valence-corrected chi connectivity index (χ3v) is 6.89. The standard InChI is InChI=1S/C27H32N4O3/c1-4-34-23-13-8-6-11-19(23)26-25-20(18-10-5-7-12-21(18)28-25)16-22-27(33)30(15-9-14-29(2)3)17-24(32)31(22)26/h5-8,10-13,22,26,28H,4,9,14-17H2,1-3H3/t22-,26?/m0/s1. The molecule has 0 saturated carbocycles. The summed E-state index contributed by atoms with van der Waals surface area (Å²) < 4.78 is 5.97. The van der Waals surface area contributed by atoms with E-state index in [2.05, 4.69) is 22.0 Å². The number of benzene rings is 2. The molecule has 2 aliphatic heterocycles. The van der Waals surface area contributed by atoms with Crippen LogP contribution in [-0.4, -0.2) is 77.9 Å². The predicted octanol–water partition coefficient (Wildman–Crippen LogP) is 3.20. The summed E-state index contributed by atoms with van der Waals surface area (Å²) in [5.41, 5.74) is 4.02. The highest BCUT2D eigenvalue weighted by Gasteiger charge is 2.48.